The van der Waals surface area contributed by atoms with Gasteiger partial charge < -0.3 is 40.3 Å². The van der Waals surface area contributed by atoms with Gasteiger partial charge in [0.15, 0.2) is 12.1 Å². The fourth-order valence-corrected chi connectivity index (χ4v) is 4.72. The number of hydrogen-bond acceptors (Lipinski definition) is 11. The van der Waals surface area contributed by atoms with Gasteiger partial charge in [0.2, 0.25) is 0 Å². The zero-order valence-electron chi connectivity index (χ0n) is 13.9. The van der Waals surface area contributed by atoms with Crippen molar-refractivity contribution >= 4 is 27.3 Å². The van der Waals surface area contributed by atoms with Crippen LogP contribution in [0.2, 0.25) is 0 Å². The number of amidine groups is 1. The Morgan fingerprint density at radius 1 is 1.29 bits per heavy atom. The molecule has 0 radical (unpaired) electrons. The van der Waals surface area contributed by atoms with Crippen molar-refractivity contribution in [2.45, 2.75) is 30.7 Å². The summed E-state index contributed by atoms with van der Waals surface area (Å²) in [5.74, 6) is 0.782. The van der Waals surface area contributed by atoms with Crippen LogP contribution in [-0.2, 0) is 22.7 Å². The first-order valence-electron chi connectivity index (χ1n) is 7.90. The second kappa shape index (κ2) is 6.57. The third-order valence-electron chi connectivity index (χ3n) is 4.38. The number of imidazole rings is 1. The van der Waals surface area contributed by atoms with E-state index < -0.39 is 46.8 Å². The van der Waals surface area contributed by atoms with Crippen molar-refractivity contribution in [2.75, 3.05) is 18.1 Å². The van der Waals surface area contributed by atoms with Gasteiger partial charge >= 0.3 is 15.6 Å². The van der Waals surface area contributed by atoms with Crippen LogP contribution >= 0.6 is 15.6 Å². The molecular weight excluding hydrogens is 424 g/mol. The highest BCUT2D eigenvalue weighted by Crippen LogP contribution is 2.57. The number of aromatic nitrogens is 2. The average molecular weight is 441 g/mol. The standard InChI is InChI=1S/C11H17N5O10P2/c12-9-6-10(15-1-5(15)14-9)16(3-13-6)11-8(18)7(17)4(25-11)2-24-28(22,23)26-27(19,20)21/h3-5,7-8,11,17-18H,1-2H2,(H2,12,14)(H,22,23)(H2,19,20,21)/t4-,5+,7-,8-,11-,15?/m1/s1. The predicted octanol–water partition coefficient (Wildman–Crippen LogP) is -2.41. The molecule has 1 aromatic rings. The number of ether oxygens (including phenoxy) is 1. The van der Waals surface area contributed by atoms with E-state index in [9.17, 15) is 24.2 Å². The van der Waals surface area contributed by atoms with Crippen LogP contribution in [0.5, 0.6) is 0 Å². The Bertz CT molecular complexity index is 916. The molecule has 3 aliphatic heterocycles. The number of phosphoric acid groups is 2. The summed E-state index contributed by atoms with van der Waals surface area (Å²) in [4.78, 5) is 36.7. The van der Waals surface area contributed by atoms with Crippen molar-refractivity contribution in [1.82, 2.24) is 9.55 Å². The van der Waals surface area contributed by atoms with Gasteiger partial charge in [-0.25, -0.2) is 19.1 Å². The zero-order chi connectivity index (χ0) is 20.4. The summed E-state index contributed by atoms with van der Waals surface area (Å²) < 4.78 is 37.3. The molecule has 3 aliphatic rings. The lowest BCUT2D eigenvalue weighted by atomic mass is 10.1. The Balaban J connectivity index is 1.48. The summed E-state index contributed by atoms with van der Waals surface area (Å²) in [5.41, 5.74) is 6.25. The van der Waals surface area contributed by atoms with Crippen LogP contribution in [-0.4, -0.2) is 77.9 Å². The van der Waals surface area contributed by atoms with Gasteiger partial charge in [0.25, 0.3) is 0 Å². The third-order valence-corrected chi connectivity index (χ3v) is 6.53. The van der Waals surface area contributed by atoms with Crippen molar-refractivity contribution in [1.29, 1.82) is 0 Å². The number of aliphatic hydroxyl groups is 2. The van der Waals surface area contributed by atoms with Gasteiger partial charge in [-0.2, -0.15) is 4.31 Å². The Kier molecular flexibility index (Phi) is 4.67. The average Bonchev–Trinajstić information content (AvgIpc) is 3.09. The molecule has 2 fully saturated rings. The van der Waals surface area contributed by atoms with Crippen LogP contribution < -0.4 is 10.6 Å². The van der Waals surface area contributed by atoms with Crippen LogP contribution in [0.1, 0.15) is 11.9 Å². The lowest BCUT2D eigenvalue weighted by Crippen LogP contribution is -2.34. The minimum absolute atomic E-state index is 0.129. The summed E-state index contributed by atoms with van der Waals surface area (Å²) in [6.07, 6.45) is -4.17. The maximum Gasteiger partial charge on any atom is 0.481 e. The number of aliphatic imine (C=N–C) groups is 1. The number of hydrogen-bond donors (Lipinski definition) is 6. The van der Waals surface area contributed by atoms with Crippen LogP contribution in [0.3, 0.4) is 0 Å². The summed E-state index contributed by atoms with van der Waals surface area (Å²) in [7, 11) is -10.4. The van der Waals surface area contributed by atoms with E-state index in [4.69, 9.17) is 20.3 Å². The van der Waals surface area contributed by atoms with Crippen molar-refractivity contribution in [3.05, 3.63) is 12.0 Å². The molecule has 15 nitrogen and oxygen atoms in total. The van der Waals surface area contributed by atoms with Crippen molar-refractivity contribution in [3.63, 3.8) is 0 Å². The maximum absolute atomic E-state index is 11.5. The van der Waals surface area contributed by atoms with Gasteiger partial charge in [-0.05, 0) is 0 Å². The Hall–Kier alpha value is -1.38. The summed E-state index contributed by atoms with van der Waals surface area (Å²) in [6, 6.07) is 0. The number of rotatable bonds is 6. The minimum atomic E-state index is -5.28. The van der Waals surface area contributed by atoms with Gasteiger partial charge in [-0.3, -0.25) is 9.09 Å². The van der Waals surface area contributed by atoms with E-state index in [-0.39, 0.29) is 12.0 Å². The molecule has 0 bridgehead atoms. The number of anilines is 1. The highest BCUT2D eigenvalue weighted by Gasteiger charge is 2.49. The van der Waals surface area contributed by atoms with E-state index in [1.54, 1.807) is 0 Å². The van der Waals surface area contributed by atoms with Gasteiger partial charge in [0, 0.05) is 0 Å². The number of phosphoric ester groups is 1. The highest BCUT2D eigenvalue weighted by atomic mass is 31.3. The summed E-state index contributed by atoms with van der Waals surface area (Å²) in [5, 5.41) is 20.5. The Labute approximate surface area is 156 Å². The van der Waals surface area contributed by atoms with Gasteiger partial charge in [0.05, 0.1) is 19.5 Å². The van der Waals surface area contributed by atoms with Crippen LogP contribution in [0.4, 0.5) is 5.82 Å². The molecule has 4 heterocycles. The van der Waals surface area contributed by atoms with Gasteiger partial charge in [-0.1, -0.05) is 0 Å². The first-order chi connectivity index (χ1) is 13.0. The molecule has 0 spiro atoms. The molecule has 6 atom stereocenters. The van der Waals surface area contributed by atoms with E-state index in [0.29, 0.717) is 18.1 Å². The lowest BCUT2D eigenvalue weighted by molar-refractivity contribution is -0.0512. The summed E-state index contributed by atoms with van der Waals surface area (Å²) >= 11 is 0. The fourth-order valence-electron chi connectivity index (χ4n) is 3.12. The quantitative estimate of drug-likeness (QED) is 0.200. The van der Waals surface area contributed by atoms with Gasteiger partial charge in [0.1, 0.15) is 36.0 Å². The molecule has 0 saturated carbocycles. The number of fused-ring (bicyclic) bond motifs is 3. The van der Waals surface area contributed by atoms with Gasteiger partial charge in [-0.15, -0.1) is 0 Å². The Morgan fingerprint density at radius 3 is 2.68 bits per heavy atom. The number of nitrogens with zero attached hydrogens (tertiary/aromatic N) is 4. The predicted molar refractivity (Wildman–Crippen MR) is 88.9 cm³/mol. The molecule has 2 saturated heterocycles. The molecule has 0 amide bonds. The van der Waals surface area contributed by atoms with Crippen LogP contribution in [0.25, 0.3) is 0 Å². The van der Waals surface area contributed by atoms with E-state index in [2.05, 4.69) is 18.8 Å². The van der Waals surface area contributed by atoms with E-state index in [0.717, 1.165) is 0 Å². The van der Waals surface area contributed by atoms with Crippen LogP contribution in [0, 0.1) is 0 Å². The highest BCUT2D eigenvalue weighted by molar-refractivity contribution is 7.60. The molecule has 1 aromatic heterocycles. The molecular formula is C11H17N5O10P2. The molecule has 17 heteroatoms. The SMILES string of the molecule is NC1=N[C@@H]2CN2c2c1ncn2[C@@H]1O[C@H](COP(=O)(O)OP(=O)(O)O)[C@@H](O)[C@H]1O. The molecule has 28 heavy (non-hydrogen) atoms. The molecule has 0 aromatic carbocycles. The number of nitrogens with two attached hydrogens (primary N) is 1. The molecule has 0 aliphatic carbocycles. The Morgan fingerprint density at radius 2 is 2.00 bits per heavy atom. The van der Waals surface area contributed by atoms with E-state index >= 15 is 0 Å². The fraction of sp³-hybridized carbons (Fsp3) is 0.636. The van der Waals surface area contributed by atoms with Crippen molar-refractivity contribution in [3.8, 4) is 0 Å². The topological polar surface area (TPSA) is 222 Å². The second-order valence-corrected chi connectivity index (χ2v) is 9.18. The van der Waals surface area contributed by atoms with Crippen molar-refractivity contribution < 1.29 is 47.6 Å². The first-order valence-corrected chi connectivity index (χ1v) is 10.9. The smallest absolute Gasteiger partial charge is 0.387 e. The molecule has 7 N–H and O–H groups in total. The third kappa shape index (κ3) is 3.62. The zero-order valence-corrected chi connectivity index (χ0v) is 15.7. The largest absolute Gasteiger partial charge is 0.481 e. The first kappa shape index (κ1) is 19.9. The molecule has 4 rings (SSSR count). The monoisotopic (exact) mass is 441 g/mol. The maximum atomic E-state index is 11.5. The van der Waals surface area contributed by atoms with Crippen molar-refractivity contribution in [2.24, 2.45) is 10.7 Å². The molecule has 1 unspecified atom stereocenters. The normalized spacial score (nSPS) is 33.8. The molecule has 156 valence electrons. The van der Waals surface area contributed by atoms with E-state index in [1.807, 2.05) is 4.90 Å². The summed E-state index contributed by atoms with van der Waals surface area (Å²) in [6.45, 7) is -0.181. The minimum Gasteiger partial charge on any atom is -0.387 e. The lowest BCUT2D eigenvalue weighted by Gasteiger charge is -2.21. The second-order valence-electron chi connectivity index (χ2n) is 6.35. The number of aliphatic hydroxyl groups excluding tert-OH is 2. The van der Waals surface area contributed by atoms with E-state index in [1.165, 1.54) is 10.9 Å². The van der Waals surface area contributed by atoms with Crippen LogP contribution in [0.15, 0.2) is 11.3 Å².